The predicted octanol–water partition coefficient (Wildman–Crippen LogP) is 2.36. The van der Waals surface area contributed by atoms with Crippen molar-refractivity contribution in [3.63, 3.8) is 0 Å². The number of hydrogen-bond acceptors (Lipinski definition) is 1. The van der Waals surface area contributed by atoms with E-state index in [4.69, 9.17) is 0 Å². The van der Waals surface area contributed by atoms with E-state index in [0.717, 1.165) is 5.70 Å². The van der Waals surface area contributed by atoms with Crippen LogP contribution in [0.5, 0.6) is 0 Å². The van der Waals surface area contributed by atoms with Crippen molar-refractivity contribution >= 4 is 10.6 Å². The average molecular weight is 321 g/mol. The van der Waals surface area contributed by atoms with Gasteiger partial charge in [-0.3, -0.25) is 0 Å². The minimum absolute atomic E-state index is 0.279. The van der Waals surface area contributed by atoms with Crippen LogP contribution in [0.3, 0.4) is 0 Å². The van der Waals surface area contributed by atoms with Crippen molar-refractivity contribution in [1.29, 1.82) is 0 Å². The van der Waals surface area contributed by atoms with Gasteiger partial charge in [-0.15, -0.1) is 0 Å². The third kappa shape index (κ3) is 4.42. The number of allylic oxidation sites excluding steroid dienone is 2. The molecule has 0 unspecified atom stereocenters. The summed E-state index contributed by atoms with van der Waals surface area (Å²) in [6, 6.07) is 0. The van der Waals surface area contributed by atoms with Gasteiger partial charge in [0.1, 0.15) is 0 Å². The van der Waals surface area contributed by atoms with Crippen molar-refractivity contribution in [2.75, 3.05) is 0 Å². The average Bonchev–Trinajstić information content (AvgIpc) is 1.85. The van der Waals surface area contributed by atoms with Crippen LogP contribution in [-0.2, 0) is 19.4 Å². The molecule has 0 N–H and O–H groups in total. The first kappa shape index (κ1) is 11.0. The molecule has 0 amide bonds. The van der Waals surface area contributed by atoms with Crippen molar-refractivity contribution in [2.24, 2.45) is 10.4 Å². The van der Waals surface area contributed by atoms with Crippen LogP contribution in [-0.4, -0.2) is 10.6 Å². The fraction of sp³-hybridized carbons (Fsp3) is 0.556. The Labute approximate surface area is 80.0 Å². The van der Waals surface area contributed by atoms with E-state index in [1.54, 1.807) is 0 Å². The molecular formula is C9H15NW. The Kier molecular flexibility index (Phi) is 4.10. The van der Waals surface area contributed by atoms with Crippen LogP contribution in [0.25, 0.3) is 0 Å². The quantitative estimate of drug-likeness (QED) is 0.693. The maximum absolute atomic E-state index is 3.85. The van der Waals surface area contributed by atoms with Crippen LogP contribution in [0.15, 0.2) is 16.8 Å². The van der Waals surface area contributed by atoms with Crippen LogP contribution < -0.4 is 0 Å². The van der Waals surface area contributed by atoms with Gasteiger partial charge in [-0.1, -0.05) is 0 Å². The predicted molar refractivity (Wildman–Crippen MR) is 47.8 cm³/mol. The Hall–Kier alpha value is -0.0317. The standard InChI is InChI=1S/C9H15N.W/c1-8(10-5)6-7-9(2,3)4;/h6H,5H2,1-4H3;. The molecule has 0 aromatic heterocycles. The molecule has 62 valence electrons. The zero-order chi connectivity index (χ0) is 9.07. The number of rotatable bonds is 2. The molecule has 0 aliphatic heterocycles. The first-order chi connectivity index (χ1) is 4.88. The molecular weight excluding hydrogens is 306 g/mol. The second-order valence-corrected chi connectivity index (χ2v) is 5.14. The van der Waals surface area contributed by atoms with Gasteiger partial charge in [0, 0.05) is 0 Å². The molecule has 0 spiro atoms. The molecule has 11 heavy (non-hydrogen) atoms. The fourth-order valence-corrected chi connectivity index (χ4v) is 1.06. The molecule has 0 aliphatic rings. The molecule has 0 aliphatic carbocycles. The van der Waals surface area contributed by atoms with E-state index in [2.05, 4.69) is 38.6 Å². The Morgan fingerprint density at radius 1 is 1.45 bits per heavy atom. The van der Waals surface area contributed by atoms with E-state index in [9.17, 15) is 0 Å². The summed E-state index contributed by atoms with van der Waals surface area (Å²) in [5.74, 6) is 0. The van der Waals surface area contributed by atoms with Gasteiger partial charge in [-0.25, -0.2) is 0 Å². The molecule has 0 fully saturated rings. The fourth-order valence-electron chi connectivity index (χ4n) is 0.452. The van der Waals surface area contributed by atoms with Crippen molar-refractivity contribution in [3.05, 3.63) is 11.8 Å². The van der Waals surface area contributed by atoms with Gasteiger partial charge in [0.15, 0.2) is 0 Å². The van der Waals surface area contributed by atoms with Gasteiger partial charge in [0.25, 0.3) is 0 Å². The van der Waals surface area contributed by atoms with Gasteiger partial charge in [0.2, 0.25) is 0 Å². The molecule has 0 atom stereocenters. The van der Waals surface area contributed by atoms with Gasteiger partial charge in [0.05, 0.1) is 0 Å². The molecule has 0 bridgehead atoms. The van der Waals surface area contributed by atoms with Gasteiger partial charge < -0.3 is 0 Å². The SMILES string of the molecule is C=NC(C)=C[C](=[W])C(C)(C)C. The summed E-state index contributed by atoms with van der Waals surface area (Å²) in [5, 5.41) is 0. The second-order valence-electron chi connectivity index (χ2n) is 3.56. The summed E-state index contributed by atoms with van der Waals surface area (Å²) in [6.45, 7) is 12.1. The molecule has 0 radical (unpaired) electrons. The molecule has 0 heterocycles. The van der Waals surface area contributed by atoms with Crippen LogP contribution >= 0.6 is 0 Å². The molecule has 0 saturated heterocycles. The number of aliphatic imine (C=N–C) groups is 1. The Balaban J connectivity index is 4.42. The van der Waals surface area contributed by atoms with Crippen molar-refractivity contribution in [1.82, 2.24) is 0 Å². The Morgan fingerprint density at radius 2 is 1.91 bits per heavy atom. The van der Waals surface area contributed by atoms with Gasteiger partial charge in [-0.2, -0.15) is 0 Å². The van der Waals surface area contributed by atoms with E-state index in [-0.39, 0.29) is 5.41 Å². The normalized spacial score (nSPS) is 12.9. The summed E-state index contributed by atoms with van der Waals surface area (Å²) >= 11 is 1.51. The minimum atomic E-state index is 0.279. The molecule has 2 heteroatoms. The summed E-state index contributed by atoms with van der Waals surface area (Å²) < 4.78 is 1.42. The van der Waals surface area contributed by atoms with E-state index in [1.165, 1.54) is 23.3 Å². The van der Waals surface area contributed by atoms with Crippen LogP contribution in [0, 0.1) is 5.41 Å². The van der Waals surface area contributed by atoms with E-state index < -0.39 is 0 Å². The summed E-state index contributed by atoms with van der Waals surface area (Å²) in [6.07, 6.45) is 2.11. The monoisotopic (exact) mass is 321 g/mol. The van der Waals surface area contributed by atoms with Gasteiger partial charge in [-0.05, 0) is 0 Å². The Bertz CT molecular complexity index is 196. The molecule has 0 aromatic carbocycles. The van der Waals surface area contributed by atoms with E-state index in [0.29, 0.717) is 0 Å². The number of nitrogens with zero attached hydrogens (tertiary/aromatic N) is 1. The zero-order valence-corrected chi connectivity index (χ0v) is 10.6. The second kappa shape index (κ2) is 4.11. The topological polar surface area (TPSA) is 12.4 Å². The third-order valence-electron chi connectivity index (χ3n) is 1.33. The van der Waals surface area contributed by atoms with Crippen molar-refractivity contribution in [2.45, 2.75) is 27.7 Å². The maximum atomic E-state index is 3.85. The third-order valence-corrected chi connectivity index (χ3v) is 3.95. The zero-order valence-electron chi connectivity index (χ0n) is 7.64. The molecule has 0 aromatic rings. The first-order valence-electron chi connectivity index (χ1n) is 3.57. The van der Waals surface area contributed by atoms with E-state index >= 15 is 0 Å². The first-order valence-corrected chi connectivity index (χ1v) is 5.04. The van der Waals surface area contributed by atoms with Crippen LogP contribution in [0.1, 0.15) is 27.7 Å². The molecule has 0 saturated carbocycles. The van der Waals surface area contributed by atoms with Crippen molar-refractivity contribution < 1.29 is 19.4 Å². The van der Waals surface area contributed by atoms with Crippen molar-refractivity contribution in [3.8, 4) is 0 Å². The Morgan fingerprint density at radius 3 is 2.18 bits per heavy atom. The van der Waals surface area contributed by atoms with Crippen LogP contribution in [0.2, 0.25) is 0 Å². The van der Waals surface area contributed by atoms with E-state index in [1.807, 2.05) is 6.92 Å². The number of hydrogen-bond donors (Lipinski definition) is 0. The summed E-state index contributed by atoms with van der Waals surface area (Å²) in [4.78, 5) is 3.85. The molecule has 0 rings (SSSR count). The van der Waals surface area contributed by atoms with Crippen LogP contribution in [0.4, 0.5) is 0 Å². The molecule has 1 nitrogen and oxygen atoms in total. The summed E-state index contributed by atoms with van der Waals surface area (Å²) in [5.41, 5.74) is 1.28. The van der Waals surface area contributed by atoms with Gasteiger partial charge >= 0.3 is 79.8 Å². The summed E-state index contributed by atoms with van der Waals surface area (Å²) in [7, 11) is 0.